The lowest BCUT2D eigenvalue weighted by atomic mass is 9.97. The molecule has 230 valence electrons. The molecule has 0 saturated heterocycles. The Balaban J connectivity index is 1.20. The normalized spacial score (nSPS) is 17.1. The number of allylic oxidation sites excluding steroid dienone is 2. The molecule has 0 saturated carbocycles. The first kappa shape index (κ1) is 25.6. The molecule has 49 heavy (non-hydrogen) atoms. The van der Waals surface area contributed by atoms with Gasteiger partial charge in [0.25, 0.3) is 0 Å². The number of hydrogen-bond acceptors (Lipinski definition) is 3. The van der Waals surface area contributed by atoms with Gasteiger partial charge in [-0.15, -0.1) is 0 Å². The molecule has 0 radical (unpaired) electrons. The predicted octanol–water partition coefficient (Wildman–Crippen LogP) is 11.0. The van der Waals surface area contributed by atoms with Crippen molar-refractivity contribution in [1.29, 1.82) is 0 Å². The number of anilines is 2. The van der Waals surface area contributed by atoms with Crippen molar-refractivity contribution in [1.82, 2.24) is 8.97 Å². The van der Waals surface area contributed by atoms with E-state index in [-0.39, 0.29) is 12.1 Å². The van der Waals surface area contributed by atoms with Crippen LogP contribution in [0.15, 0.2) is 150 Å². The van der Waals surface area contributed by atoms with Crippen LogP contribution in [0.3, 0.4) is 0 Å². The Kier molecular flexibility index (Phi) is 4.76. The number of hydrogen-bond donors (Lipinski definition) is 2. The average Bonchev–Trinajstić information content (AvgIpc) is 3.89. The van der Waals surface area contributed by atoms with Crippen LogP contribution in [-0.4, -0.2) is 21.1 Å². The molecule has 5 heteroatoms. The standard InChI is InChI=1S/C44H28N4O/c1-2-11-26(12-3-1)47-36-19-8-4-13-28(36)30-16-10-15-27(41(30)47)25-21-22-37-31(23-25)32-24-33-29-14-5-9-20-38(29)49-43(33)39-40-44(48(37)42(32)39)46-35-18-7-6-17-34(35)45-40/h1-24,34-35,45-46H. The van der Waals surface area contributed by atoms with E-state index in [1.165, 1.54) is 54.7 Å². The van der Waals surface area contributed by atoms with Crippen molar-refractivity contribution in [2.24, 2.45) is 0 Å². The van der Waals surface area contributed by atoms with Gasteiger partial charge >= 0.3 is 0 Å². The fourth-order valence-electron chi connectivity index (χ4n) is 8.80. The van der Waals surface area contributed by atoms with Gasteiger partial charge in [0.05, 0.1) is 45.2 Å². The highest BCUT2D eigenvalue weighted by Gasteiger charge is 2.33. The van der Waals surface area contributed by atoms with Crippen LogP contribution in [0, 0.1) is 0 Å². The fourth-order valence-corrected chi connectivity index (χ4v) is 8.80. The van der Waals surface area contributed by atoms with E-state index < -0.39 is 0 Å². The van der Waals surface area contributed by atoms with E-state index in [4.69, 9.17) is 4.42 Å². The van der Waals surface area contributed by atoms with Crippen molar-refractivity contribution in [2.75, 3.05) is 10.6 Å². The smallest absolute Gasteiger partial charge is 0.147 e. The largest absolute Gasteiger partial charge is 0.455 e. The summed E-state index contributed by atoms with van der Waals surface area (Å²) in [6.45, 7) is 0. The second-order valence-corrected chi connectivity index (χ2v) is 13.4. The minimum absolute atomic E-state index is 0.161. The number of furan rings is 1. The Morgan fingerprint density at radius 3 is 2.22 bits per heavy atom. The van der Waals surface area contributed by atoms with Gasteiger partial charge in [0, 0.05) is 43.6 Å². The molecule has 5 nitrogen and oxygen atoms in total. The van der Waals surface area contributed by atoms with Crippen LogP contribution in [0.4, 0.5) is 11.5 Å². The summed E-state index contributed by atoms with van der Waals surface area (Å²) >= 11 is 0. The fraction of sp³-hybridized carbons (Fsp3) is 0.0455. The first-order valence-corrected chi connectivity index (χ1v) is 17.0. The maximum absolute atomic E-state index is 6.67. The molecule has 12 rings (SSSR count). The summed E-state index contributed by atoms with van der Waals surface area (Å²) in [5.41, 5.74) is 11.3. The molecular formula is C44H28N4O. The van der Waals surface area contributed by atoms with Gasteiger partial charge in [0.15, 0.2) is 0 Å². The Morgan fingerprint density at radius 1 is 0.551 bits per heavy atom. The monoisotopic (exact) mass is 628 g/mol. The van der Waals surface area contributed by atoms with Gasteiger partial charge in [0.2, 0.25) is 0 Å². The van der Waals surface area contributed by atoms with Crippen LogP contribution in [0.25, 0.3) is 87.8 Å². The first-order valence-electron chi connectivity index (χ1n) is 17.0. The number of benzene rings is 6. The molecule has 2 unspecified atom stereocenters. The third-order valence-corrected chi connectivity index (χ3v) is 10.9. The van der Waals surface area contributed by atoms with Crippen molar-refractivity contribution in [2.45, 2.75) is 12.1 Å². The lowest BCUT2D eigenvalue weighted by molar-refractivity contribution is 0.672. The summed E-state index contributed by atoms with van der Waals surface area (Å²) in [5.74, 6) is 1.09. The molecule has 6 aromatic carbocycles. The highest BCUT2D eigenvalue weighted by molar-refractivity contribution is 6.31. The minimum Gasteiger partial charge on any atom is -0.455 e. The first-order chi connectivity index (χ1) is 24.3. The van der Waals surface area contributed by atoms with Crippen molar-refractivity contribution in [3.8, 4) is 16.8 Å². The van der Waals surface area contributed by atoms with Gasteiger partial charge in [-0.2, -0.15) is 0 Å². The molecule has 5 heterocycles. The molecule has 4 aromatic heterocycles. The zero-order valence-electron chi connectivity index (χ0n) is 26.3. The molecule has 0 bridgehead atoms. The van der Waals surface area contributed by atoms with Crippen molar-refractivity contribution in [3.63, 3.8) is 0 Å². The van der Waals surface area contributed by atoms with E-state index in [0.29, 0.717) is 0 Å². The van der Waals surface area contributed by atoms with E-state index in [9.17, 15) is 0 Å². The molecule has 10 aromatic rings. The van der Waals surface area contributed by atoms with Gasteiger partial charge in [-0.3, -0.25) is 4.40 Å². The van der Waals surface area contributed by atoms with Gasteiger partial charge in [0.1, 0.15) is 17.0 Å². The van der Waals surface area contributed by atoms with Crippen molar-refractivity contribution in [3.05, 3.63) is 146 Å². The third kappa shape index (κ3) is 3.24. The average molecular weight is 629 g/mol. The molecule has 1 aliphatic carbocycles. The van der Waals surface area contributed by atoms with Crippen LogP contribution >= 0.6 is 0 Å². The highest BCUT2D eigenvalue weighted by Crippen LogP contribution is 2.51. The lowest BCUT2D eigenvalue weighted by Crippen LogP contribution is -2.41. The van der Waals surface area contributed by atoms with Crippen LogP contribution in [0.5, 0.6) is 0 Å². The van der Waals surface area contributed by atoms with E-state index in [1.807, 2.05) is 0 Å². The molecular weight excluding hydrogens is 601 g/mol. The van der Waals surface area contributed by atoms with Crippen LogP contribution < -0.4 is 10.6 Å². The SMILES string of the molecule is C1=CC2Nc3c(n4c5ccc(-c6cccc7c8ccccc8n(-c8ccccc8)c67)cc5c5cc6c7ccccc7oc6c3c54)NC2C=C1. The van der Waals surface area contributed by atoms with Gasteiger partial charge in [-0.1, -0.05) is 103 Å². The molecule has 0 fully saturated rings. The Morgan fingerprint density at radius 2 is 1.33 bits per heavy atom. The summed E-state index contributed by atoms with van der Waals surface area (Å²) in [6, 6.07) is 44.3. The van der Waals surface area contributed by atoms with E-state index >= 15 is 0 Å². The summed E-state index contributed by atoms with van der Waals surface area (Å²) in [7, 11) is 0. The van der Waals surface area contributed by atoms with E-state index in [0.717, 1.165) is 44.5 Å². The molecule has 0 amide bonds. The van der Waals surface area contributed by atoms with Gasteiger partial charge in [-0.25, -0.2) is 0 Å². The Labute approximate surface area is 280 Å². The molecule has 0 spiro atoms. The molecule has 2 N–H and O–H groups in total. The summed E-state index contributed by atoms with van der Waals surface area (Å²) in [6.07, 6.45) is 8.74. The quantitative estimate of drug-likeness (QED) is 0.200. The second-order valence-electron chi connectivity index (χ2n) is 13.4. The highest BCUT2D eigenvalue weighted by atomic mass is 16.3. The molecule has 2 atom stereocenters. The Hall–Kier alpha value is -6.46. The maximum Gasteiger partial charge on any atom is 0.147 e. The van der Waals surface area contributed by atoms with Crippen molar-refractivity contribution < 1.29 is 4.42 Å². The topological polar surface area (TPSA) is 46.5 Å². The minimum atomic E-state index is 0.161. The van der Waals surface area contributed by atoms with Crippen LogP contribution in [0.1, 0.15) is 0 Å². The summed E-state index contributed by atoms with van der Waals surface area (Å²) < 4.78 is 11.5. The number of rotatable bonds is 2. The number of nitrogens with zero attached hydrogens (tertiary/aromatic N) is 2. The maximum atomic E-state index is 6.67. The van der Waals surface area contributed by atoms with Gasteiger partial charge in [-0.05, 0) is 48.0 Å². The zero-order valence-corrected chi connectivity index (χ0v) is 26.3. The van der Waals surface area contributed by atoms with E-state index in [1.54, 1.807) is 0 Å². The predicted molar refractivity (Wildman–Crippen MR) is 204 cm³/mol. The number of nitrogens with one attached hydrogen (secondary N) is 2. The van der Waals surface area contributed by atoms with Crippen LogP contribution in [-0.2, 0) is 0 Å². The van der Waals surface area contributed by atoms with Gasteiger partial charge < -0.3 is 19.6 Å². The summed E-state index contributed by atoms with van der Waals surface area (Å²) in [4.78, 5) is 0. The van der Waals surface area contributed by atoms with Crippen molar-refractivity contribution >= 4 is 82.4 Å². The number of fused-ring (bicyclic) bond motifs is 14. The third-order valence-electron chi connectivity index (χ3n) is 10.9. The lowest BCUT2D eigenvalue weighted by Gasteiger charge is -2.33. The molecule has 1 aliphatic heterocycles. The van der Waals surface area contributed by atoms with Crippen LogP contribution in [0.2, 0.25) is 0 Å². The van der Waals surface area contributed by atoms with E-state index in [2.05, 4.69) is 165 Å². The number of aromatic nitrogens is 2. The Bertz CT molecular complexity index is 3060. The summed E-state index contributed by atoms with van der Waals surface area (Å²) in [5, 5.41) is 16.2. The zero-order chi connectivity index (χ0) is 31.8. The second kappa shape index (κ2) is 9.12. The molecule has 2 aliphatic rings. The number of para-hydroxylation sites is 4.